The Morgan fingerprint density at radius 1 is 0.949 bits per heavy atom. The number of aromatic amines is 1. The van der Waals surface area contributed by atoms with Crippen LogP contribution in [0.25, 0.3) is 10.9 Å². The minimum Gasteiger partial charge on any atom is -0.497 e. The summed E-state index contributed by atoms with van der Waals surface area (Å²) in [4.78, 5) is 34.8. The summed E-state index contributed by atoms with van der Waals surface area (Å²) < 4.78 is 16.6. The van der Waals surface area contributed by atoms with E-state index in [0.717, 1.165) is 39.0 Å². The first-order valence-corrected chi connectivity index (χ1v) is 13.2. The van der Waals surface area contributed by atoms with Crippen LogP contribution in [0.3, 0.4) is 0 Å². The number of rotatable bonds is 7. The highest BCUT2D eigenvalue weighted by molar-refractivity contribution is 5.97. The average Bonchev–Trinajstić information content (AvgIpc) is 3.34. The van der Waals surface area contributed by atoms with E-state index in [9.17, 15) is 9.59 Å². The van der Waals surface area contributed by atoms with Gasteiger partial charge in [0.1, 0.15) is 18.3 Å². The summed E-state index contributed by atoms with van der Waals surface area (Å²) in [6, 6.07) is 20.3. The molecular weight excluding hydrogens is 494 g/mol. The molecule has 1 fully saturated rings. The van der Waals surface area contributed by atoms with Crippen LogP contribution in [0, 0.1) is 0 Å². The van der Waals surface area contributed by atoms with Crippen molar-refractivity contribution in [2.75, 3.05) is 27.4 Å². The number of piperazine rings is 1. The second kappa shape index (κ2) is 10.0. The molecule has 200 valence electrons. The summed E-state index contributed by atoms with van der Waals surface area (Å²) in [5.74, 6) is 1.84. The molecule has 1 aromatic heterocycles. The van der Waals surface area contributed by atoms with Crippen LogP contribution in [0.5, 0.6) is 17.2 Å². The maximum atomic E-state index is 14.0. The lowest BCUT2D eigenvalue weighted by Crippen LogP contribution is -2.62. The summed E-state index contributed by atoms with van der Waals surface area (Å²) in [6.07, 6.45) is 0.452. The third-order valence-electron chi connectivity index (χ3n) is 7.68. The summed E-state index contributed by atoms with van der Waals surface area (Å²) >= 11 is 0. The maximum absolute atomic E-state index is 14.0. The van der Waals surface area contributed by atoms with Crippen LogP contribution in [0.15, 0.2) is 66.7 Å². The molecule has 1 N–H and O–H groups in total. The summed E-state index contributed by atoms with van der Waals surface area (Å²) in [5, 5.41) is 1.07. The number of methoxy groups -OCH3 is 2. The van der Waals surface area contributed by atoms with E-state index in [1.807, 2.05) is 67.6 Å². The van der Waals surface area contributed by atoms with Crippen molar-refractivity contribution >= 4 is 22.7 Å². The molecule has 39 heavy (non-hydrogen) atoms. The average molecular weight is 526 g/mol. The van der Waals surface area contributed by atoms with E-state index in [-0.39, 0.29) is 18.4 Å². The van der Waals surface area contributed by atoms with E-state index in [2.05, 4.69) is 11.1 Å². The summed E-state index contributed by atoms with van der Waals surface area (Å²) in [6.45, 7) is 2.81. The zero-order valence-corrected chi connectivity index (χ0v) is 22.3. The van der Waals surface area contributed by atoms with Crippen molar-refractivity contribution in [2.24, 2.45) is 0 Å². The predicted octanol–water partition coefficient (Wildman–Crippen LogP) is 4.47. The van der Waals surface area contributed by atoms with Gasteiger partial charge < -0.3 is 29.0 Å². The minimum atomic E-state index is -0.612. The number of fused-ring (bicyclic) bond motifs is 4. The van der Waals surface area contributed by atoms with Crippen molar-refractivity contribution in [1.82, 2.24) is 14.8 Å². The molecule has 4 aromatic rings. The van der Waals surface area contributed by atoms with Crippen molar-refractivity contribution in [2.45, 2.75) is 32.0 Å². The van der Waals surface area contributed by atoms with Crippen molar-refractivity contribution in [3.8, 4) is 17.2 Å². The fourth-order valence-corrected chi connectivity index (χ4v) is 5.88. The van der Waals surface area contributed by atoms with Gasteiger partial charge in [-0.25, -0.2) is 0 Å². The molecule has 2 aliphatic rings. The largest absolute Gasteiger partial charge is 0.497 e. The lowest BCUT2D eigenvalue weighted by molar-refractivity contribution is -0.159. The molecule has 3 aromatic carbocycles. The maximum Gasteiger partial charge on any atom is 0.246 e. The zero-order valence-electron chi connectivity index (χ0n) is 22.3. The second-order valence-electron chi connectivity index (χ2n) is 9.87. The predicted molar refractivity (Wildman–Crippen MR) is 147 cm³/mol. The summed E-state index contributed by atoms with van der Waals surface area (Å²) in [7, 11) is 3.22. The smallest absolute Gasteiger partial charge is 0.246 e. The number of carbonyl (C=O) groups excluding carboxylic acids is 2. The quantitative estimate of drug-likeness (QED) is 0.385. The minimum absolute atomic E-state index is 0.0155. The monoisotopic (exact) mass is 525 g/mol. The molecular formula is C31H31N3O5. The normalized spacial score (nSPS) is 18.6. The Hall–Kier alpha value is -4.46. The number of hydrogen-bond donors (Lipinski definition) is 1. The van der Waals surface area contributed by atoms with Gasteiger partial charge in [-0.05, 0) is 53.9 Å². The van der Waals surface area contributed by atoms with Crippen LogP contribution >= 0.6 is 0 Å². The Morgan fingerprint density at radius 3 is 2.49 bits per heavy atom. The fraction of sp³-hybridized carbons (Fsp3) is 0.290. The van der Waals surface area contributed by atoms with Crippen molar-refractivity contribution in [3.05, 3.63) is 89.1 Å². The highest BCUT2D eigenvalue weighted by Gasteiger charge is 2.48. The van der Waals surface area contributed by atoms with Gasteiger partial charge in [0, 0.05) is 29.6 Å². The first-order chi connectivity index (χ1) is 19.0. The molecule has 1 saturated heterocycles. The summed E-state index contributed by atoms with van der Waals surface area (Å²) in [5.41, 5.74) is 4.79. The van der Waals surface area contributed by atoms with E-state index in [4.69, 9.17) is 14.2 Å². The van der Waals surface area contributed by atoms with Crippen molar-refractivity contribution in [3.63, 3.8) is 0 Å². The Kier molecular flexibility index (Phi) is 6.38. The van der Waals surface area contributed by atoms with Gasteiger partial charge in [0.15, 0.2) is 11.5 Å². The number of benzene rings is 3. The number of nitrogens with one attached hydrogen (secondary N) is 1. The number of hydrogen-bond acceptors (Lipinski definition) is 5. The zero-order chi connectivity index (χ0) is 27.1. The highest BCUT2D eigenvalue weighted by atomic mass is 16.5. The Bertz CT molecular complexity index is 1540. The first kappa shape index (κ1) is 24.9. The molecule has 0 bridgehead atoms. The van der Waals surface area contributed by atoms with Crippen LogP contribution in [0.4, 0.5) is 0 Å². The molecule has 2 amide bonds. The van der Waals surface area contributed by atoms with Gasteiger partial charge in [-0.15, -0.1) is 0 Å². The standard InChI is InChI=1S/C31H31N3O5/c1-4-39-26-14-11-20(15-27(26)38-3)30-29-23(22-7-5-6-8-24(22)32-29)16-25-31(36)33(18-28(35)34(25)30)17-19-9-12-21(37-2)13-10-19/h5-15,25,30,32H,4,16-18H2,1-3H3/t25-,30?/m0/s1. The molecule has 0 spiro atoms. The van der Waals surface area contributed by atoms with Crippen molar-refractivity contribution < 1.29 is 23.8 Å². The molecule has 8 heteroatoms. The molecule has 3 heterocycles. The molecule has 1 unspecified atom stereocenters. The lowest BCUT2D eigenvalue weighted by atomic mass is 9.86. The van der Waals surface area contributed by atoms with Gasteiger partial charge in [0.05, 0.1) is 26.9 Å². The van der Waals surface area contributed by atoms with Crippen LogP contribution in [-0.4, -0.2) is 60.0 Å². The Labute approximate surface area is 227 Å². The third-order valence-corrected chi connectivity index (χ3v) is 7.68. The SMILES string of the molecule is CCOc1ccc(C2c3[nH]c4ccccc4c3C[C@H]3C(=O)N(Cc4ccc(OC)cc4)CC(=O)N23)cc1OC. The van der Waals surface area contributed by atoms with Crippen LogP contribution in [-0.2, 0) is 22.6 Å². The van der Waals surface area contributed by atoms with Crippen LogP contribution in [0.1, 0.15) is 35.3 Å². The van der Waals surface area contributed by atoms with Gasteiger partial charge >= 0.3 is 0 Å². The topological polar surface area (TPSA) is 84.1 Å². The number of para-hydroxylation sites is 1. The number of amides is 2. The van der Waals surface area contributed by atoms with E-state index in [0.29, 0.717) is 31.1 Å². The second-order valence-corrected chi connectivity index (χ2v) is 9.87. The third kappa shape index (κ3) is 4.26. The number of aromatic nitrogens is 1. The number of H-pyrrole nitrogens is 1. The Balaban J connectivity index is 1.42. The van der Waals surface area contributed by atoms with Crippen LogP contribution < -0.4 is 14.2 Å². The van der Waals surface area contributed by atoms with Crippen molar-refractivity contribution in [1.29, 1.82) is 0 Å². The highest BCUT2D eigenvalue weighted by Crippen LogP contribution is 2.44. The molecule has 2 aliphatic heterocycles. The van der Waals surface area contributed by atoms with Gasteiger partial charge in [0.2, 0.25) is 11.8 Å². The molecule has 2 atom stereocenters. The lowest BCUT2D eigenvalue weighted by Gasteiger charge is -2.47. The number of ether oxygens (including phenoxy) is 3. The molecule has 0 radical (unpaired) electrons. The first-order valence-electron chi connectivity index (χ1n) is 13.2. The number of nitrogens with zero attached hydrogens (tertiary/aromatic N) is 2. The Morgan fingerprint density at radius 2 is 1.74 bits per heavy atom. The fourth-order valence-electron chi connectivity index (χ4n) is 5.88. The van der Waals surface area contributed by atoms with E-state index in [1.165, 1.54) is 0 Å². The van der Waals surface area contributed by atoms with Gasteiger partial charge in [-0.2, -0.15) is 0 Å². The van der Waals surface area contributed by atoms with Gasteiger partial charge in [0.25, 0.3) is 0 Å². The van der Waals surface area contributed by atoms with E-state index < -0.39 is 12.1 Å². The molecule has 0 saturated carbocycles. The molecule has 0 aliphatic carbocycles. The molecule has 8 nitrogen and oxygen atoms in total. The molecule has 6 rings (SSSR count). The van der Waals surface area contributed by atoms with E-state index in [1.54, 1.807) is 24.0 Å². The van der Waals surface area contributed by atoms with E-state index >= 15 is 0 Å². The van der Waals surface area contributed by atoms with Crippen LogP contribution in [0.2, 0.25) is 0 Å². The van der Waals surface area contributed by atoms with Gasteiger partial charge in [-0.3, -0.25) is 9.59 Å². The number of carbonyl (C=O) groups is 2. The van der Waals surface area contributed by atoms with Gasteiger partial charge in [-0.1, -0.05) is 36.4 Å².